The lowest BCUT2D eigenvalue weighted by molar-refractivity contribution is -0.124. The van der Waals surface area contributed by atoms with Crippen LogP contribution in [-0.4, -0.2) is 70.2 Å². The number of aliphatic hydroxyl groups excluding tert-OH is 2. The molecule has 0 aliphatic carbocycles. The summed E-state index contributed by atoms with van der Waals surface area (Å²) in [6.45, 7) is 9.44. The van der Waals surface area contributed by atoms with Gasteiger partial charge in [0.05, 0.1) is 0 Å². The highest BCUT2D eigenvalue weighted by Crippen LogP contribution is 2.32. The molecule has 1 amide bonds. The van der Waals surface area contributed by atoms with E-state index in [1.165, 1.54) is 0 Å². The first-order chi connectivity index (χ1) is 17.1. The maximum absolute atomic E-state index is 11.2. The zero-order valence-electron chi connectivity index (χ0n) is 21.7. The van der Waals surface area contributed by atoms with Crippen molar-refractivity contribution >= 4 is 11.7 Å². The molecule has 10 nitrogen and oxygen atoms in total. The smallest absolute Gasteiger partial charge is 0.258 e. The molecule has 194 valence electrons. The number of hydrogen-bond acceptors (Lipinski definition) is 9. The number of amides is 1. The summed E-state index contributed by atoms with van der Waals surface area (Å²) in [5.74, 6) is 1.84. The number of ether oxygens (including phenoxy) is 1. The Balaban J connectivity index is 1.81. The molecule has 0 bridgehead atoms. The standard InChI is InChI=1S/C26H35N5O5/c1-7-18-10-20(8-16(4)24(18)35-14-21(33)12-27-23(34)13-32)26-29-25(30-36-26)19-9-17(5)28-22(11-19)31(6)15(2)3/h8-11,15,21,32-33H,7,12-14H2,1-6H3,(H,27,34). The van der Waals surface area contributed by atoms with Gasteiger partial charge in [-0.2, -0.15) is 4.98 Å². The molecule has 0 aliphatic heterocycles. The van der Waals surface area contributed by atoms with E-state index in [0.717, 1.165) is 33.8 Å². The van der Waals surface area contributed by atoms with E-state index in [-0.39, 0.29) is 13.2 Å². The number of rotatable bonds is 11. The number of aromatic nitrogens is 3. The topological polar surface area (TPSA) is 134 Å². The lowest BCUT2D eigenvalue weighted by Crippen LogP contribution is -2.36. The molecule has 0 radical (unpaired) electrons. The summed E-state index contributed by atoms with van der Waals surface area (Å²) in [5.41, 5.74) is 4.25. The second-order valence-corrected chi connectivity index (χ2v) is 9.05. The molecule has 1 aromatic carbocycles. The van der Waals surface area contributed by atoms with Gasteiger partial charge in [0.15, 0.2) is 0 Å². The molecule has 10 heteroatoms. The molecule has 3 rings (SSSR count). The molecule has 3 N–H and O–H groups in total. The van der Waals surface area contributed by atoms with E-state index in [4.69, 9.17) is 14.4 Å². The van der Waals surface area contributed by atoms with Gasteiger partial charge in [0.2, 0.25) is 11.7 Å². The Hall–Kier alpha value is -3.50. The number of carbonyl (C=O) groups excluding carboxylic acids is 1. The highest BCUT2D eigenvalue weighted by molar-refractivity contribution is 5.76. The number of aliphatic hydroxyl groups is 2. The minimum absolute atomic E-state index is 0.00183. The van der Waals surface area contributed by atoms with Crippen molar-refractivity contribution in [2.45, 2.75) is 53.2 Å². The lowest BCUT2D eigenvalue weighted by atomic mass is 10.0. The van der Waals surface area contributed by atoms with E-state index in [1.807, 2.05) is 52.1 Å². The van der Waals surface area contributed by atoms with Crippen LogP contribution in [-0.2, 0) is 11.2 Å². The van der Waals surface area contributed by atoms with Gasteiger partial charge >= 0.3 is 0 Å². The van der Waals surface area contributed by atoms with Gasteiger partial charge in [0.25, 0.3) is 5.89 Å². The Morgan fingerprint density at radius 3 is 2.58 bits per heavy atom. The van der Waals surface area contributed by atoms with Gasteiger partial charge in [0, 0.05) is 36.5 Å². The van der Waals surface area contributed by atoms with E-state index in [2.05, 4.69) is 39.2 Å². The highest BCUT2D eigenvalue weighted by atomic mass is 16.5. The molecule has 1 unspecified atom stereocenters. The third-order valence-corrected chi connectivity index (χ3v) is 5.84. The number of carbonyl (C=O) groups is 1. The molecule has 0 saturated heterocycles. The van der Waals surface area contributed by atoms with Gasteiger partial charge in [-0.15, -0.1) is 0 Å². The minimum Gasteiger partial charge on any atom is -0.490 e. The lowest BCUT2D eigenvalue weighted by Gasteiger charge is -2.23. The van der Waals surface area contributed by atoms with Crippen LogP contribution in [0.1, 0.15) is 37.6 Å². The van der Waals surface area contributed by atoms with Crippen molar-refractivity contribution in [3.63, 3.8) is 0 Å². The molecular weight excluding hydrogens is 462 g/mol. The van der Waals surface area contributed by atoms with Crippen LogP contribution in [0.3, 0.4) is 0 Å². The average Bonchev–Trinajstić information content (AvgIpc) is 3.35. The number of anilines is 1. The summed E-state index contributed by atoms with van der Waals surface area (Å²) < 4.78 is 11.5. The number of benzene rings is 1. The molecule has 0 spiro atoms. The molecule has 36 heavy (non-hydrogen) atoms. The van der Waals surface area contributed by atoms with Gasteiger partial charge in [0.1, 0.15) is 30.9 Å². The van der Waals surface area contributed by atoms with Crippen molar-refractivity contribution in [2.75, 3.05) is 31.7 Å². The van der Waals surface area contributed by atoms with Crippen LogP contribution in [0.15, 0.2) is 28.8 Å². The summed E-state index contributed by atoms with van der Waals surface area (Å²) in [6, 6.07) is 8.02. The molecule has 3 aromatic rings. The number of pyridine rings is 1. The van der Waals surface area contributed by atoms with Crippen LogP contribution in [0.2, 0.25) is 0 Å². The van der Waals surface area contributed by atoms with E-state index in [9.17, 15) is 9.90 Å². The fourth-order valence-electron chi connectivity index (χ4n) is 3.65. The zero-order chi connectivity index (χ0) is 26.4. The Morgan fingerprint density at radius 2 is 1.92 bits per heavy atom. The largest absolute Gasteiger partial charge is 0.490 e. The van der Waals surface area contributed by atoms with Crippen molar-refractivity contribution < 1.29 is 24.3 Å². The van der Waals surface area contributed by atoms with Crippen molar-refractivity contribution in [3.8, 4) is 28.6 Å². The van der Waals surface area contributed by atoms with Crippen LogP contribution < -0.4 is 15.0 Å². The molecular formula is C26H35N5O5. The van der Waals surface area contributed by atoms with Crippen molar-refractivity contribution in [1.82, 2.24) is 20.4 Å². The highest BCUT2D eigenvalue weighted by Gasteiger charge is 2.18. The van der Waals surface area contributed by atoms with Gasteiger partial charge < -0.3 is 29.7 Å². The molecule has 1 atom stereocenters. The fraction of sp³-hybridized carbons (Fsp3) is 0.462. The Morgan fingerprint density at radius 1 is 1.17 bits per heavy atom. The van der Waals surface area contributed by atoms with Crippen molar-refractivity contribution in [2.24, 2.45) is 0 Å². The Labute approximate surface area is 211 Å². The first kappa shape index (κ1) is 27.1. The normalized spacial score (nSPS) is 12.0. The van der Waals surface area contributed by atoms with Gasteiger partial charge in [-0.3, -0.25) is 4.79 Å². The number of nitrogens with zero attached hydrogens (tertiary/aromatic N) is 4. The van der Waals surface area contributed by atoms with Crippen LogP contribution in [0.4, 0.5) is 5.82 Å². The van der Waals surface area contributed by atoms with Gasteiger partial charge in [-0.25, -0.2) is 4.98 Å². The van der Waals surface area contributed by atoms with Gasteiger partial charge in [-0.1, -0.05) is 12.1 Å². The van der Waals surface area contributed by atoms with Crippen molar-refractivity contribution in [3.05, 3.63) is 41.1 Å². The van der Waals surface area contributed by atoms with E-state index in [1.54, 1.807) is 0 Å². The van der Waals surface area contributed by atoms with Gasteiger partial charge in [-0.05, 0) is 69.5 Å². The van der Waals surface area contributed by atoms with E-state index < -0.39 is 18.6 Å². The van der Waals surface area contributed by atoms with Crippen LogP contribution in [0.25, 0.3) is 22.8 Å². The maximum atomic E-state index is 11.2. The minimum atomic E-state index is -0.911. The Kier molecular flexibility index (Phi) is 9.00. The molecule has 0 fully saturated rings. The molecule has 0 saturated carbocycles. The number of hydrogen-bond donors (Lipinski definition) is 3. The third kappa shape index (κ3) is 6.58. The predicted octanol–water partition coefficient (Wildman–Crippen LogP) is 2.67. The zero-order valence-corrected chi connectivity index (χ0v) is 21.7. The quantitative estimate of drug-likeness (QED) is 0.365. The predicted molar refractivity (Wildman–Crippen MR) is 137 cm³/mol. The number of nitrogens with one attached hydrogen (secondary N) is 1. The molecule has 2 aromatic heterocycles. The summed E-state index contributed by atoms with van der Waals surface area (Å²) in [7, 11) is 2.00. The third-order valence-electron chi connectivity index (χ3n) is 5.84. The summed E-state index contributed by atoms with van der Waals surface area (Å²) in [5, 5.41) is 25.5. The second kappa shape index (κ2) is 12.0. The molecule has 2 heterocycles. The van der Waals surface area contributed by atoms with E-state index >= 15 is 0 Å². The maximum Gasteiger partial charge on any atom is 0.258 e. The van der Waals surface area contributed by atoms with Crippen LogP contribution in [0.5, 0.6) is 5.75 Å². The summed E-state index contributed by atoms with van der Waals surface area (Å²) >= 11 is 0. The van der Waals surface area contributed by atoms with Crippen LogP contribution in [0, 0.1) is 13.8 Å². The fourth-order valence-corrected chi connectivity index (χ4v) is 3.65. The summed E-state index contributed by atoms with van der Waals surface area (Å²) in [4.78, 5) is 22.5. The Bertz CT molecular complexity index is 1190. The van der Waals surface area contributed by atoms with Crippen molar-refractivity contribution in [1.29, 1.82) is 0 Å². The SMILES string of the molecule is CCc1cc(-c2nc(-c3cc(C)nc(N(C)C(C)C)c3)no2)cc(C)c1OCC(O)CNC(=O)CO. The monoisotopic (exact) mass is 497 g/mol. The molecule has 0 aliphatic rings. The number of aryl methyl sites for hydroxylation is 3. The summed E-state index contributed by atoms with van der Waals surface area (Å²) in [6.07, 6.45) is -0.220. The second-order valence-electron chi connectivity index (χ2n) is 9.05. The van der Waals surface area contributed by atoms with E-state index in [0.29, 0.717) is 29.9 Å². The average molecular weight is 498 g/mol. The first-order valence-electron chi connectivity index (χ1n) is 12.0. The van der Waals surface area contributed by atoms with Crippen LogP contribution >= 0.6 is 0 Å². The first-order valence-corrected chi connectivity index (χ1v) is 12.0.